The molecule has 118 valence electrons. The number of amides is 1. The molecule has 0 aliphatic carbocycles. The number of nitriles is 1. The topological polar surface area (TPSA) is 71.3 Å². The molecule has 5 nitrogen and oxygen atoms in total. The van der Waals surface area contributed by atoms with Gasteiger partial charge in [0.05, 0.1) is 30.9 Å². The Kier molecular flexibility index (Phi) is 5.45. The van der Waals surface area contributed by atoms with Crippen molar-refractivity contribution in [3.8, 4) is 17.6 Å². The molecule has 6 heteroatoms. The molecule has 0 aliphatic rings. The number of anilines is 1. The minimum absolute atomic E-state index is 0.234. The van der Waals surface area contributed by atoms with Crippen molar-refractivity contribution in [3.05, 3.63) is 52.5 Å². The fraction of sp³-hybridized carbons (Fsp3) is 0.176. The normalized spacial score (nSPS) is 9.83. The summed E-state index contributed by atoms with van der Waals surface area (Å²) in [6.07, 6.45) is 0. The lowest BCUT2D eigenvalue weighted by Crippen LogP contribution is -2.14. The number of hydrogen-bond donors (Lipinski definition) is 1. The Hall–Kier alpha value is -2.71. The lowest BCUT2D eigenvalue weighted by Gasteiger charge is -2.14. The fourth-order valence-corrected chi connectivity index (χ4v) is 2.14. The van der Waals surface area contributed by atoms with Crippen molar-refractivity contribution in [2.24, 2.45) is 0 Å². The zero-order chi connectivity index (χ0) is 16.8. The molecule has 0 atom stereocenters. The molecule has 0 bridgehead atoms. The number of benzene rings is 2. The van der Waals surface area contributed by atoms with Crippen LogP contribution in [0.5, 0.6) is 11.5 Å². The van der Waals surface area contributed by atoms with E-state index < -0.39 is 5.91 Å². The predicted molar refractivity (Wildman–Crippen MR) is 88.3 cm³/mol. The van der Waals surface area contributed by atoms with Crippen molar-refractivity contribution < 1.29 is 14.3 Å². The third kappa shape index (κ3) is 3.93. The highest BCUT2D eigenvalue weighted by Gasteiger charge is 2.19. The average molecular weight is 331 g/mol. The second-order valence-corrected chi connectivity index (χ2v) is 5.00. The van der Waals surface area contributed by atoms with Gasteiger partial charge in [-0.2, -0.15) is 5.26 Å². The molecule has 1 N–H and O–H groups in total. The number of carbonyl (C=O) groups excluding carboxylic acids is 1. The van der Waals surface area contributed by atoms with Crippen LogP contribution in [0.15, 0.2) is 36.4 Å². The molecule has 0 saturated heterocycles. The van der Waals surface area contributed by atoms with Crippen molar-refractivity contribution in [3.63, 3.8) is 0 Å². The lowest BCUT2D eigenvalue weighted by molar-refractivity contribution is 0.102. The molecule has 0 spiro atoms. The number of halogens is 1. The van der Waals surface area contributed by atoms with Crippen LogP contribution in [-0.4, -0.2) is 19.6 Å². The maximum Gasteiger partial charge on any atom is 0.259 e. The molecule has 0 unspecified atom stereocenters. The van der Waals surface area contributed by atoms with Crippen LogP contribution in [0.1, 0.15) is 22.8 Å². The maximum absolute atomic E-state index is 12.5. The van der Waals surface area contributed by atoms with Crippen LogP contribution >= 0.6 is 11.6 Å². The van der Waals surface area contributed by atoms with Gasteiger partial charge in [-0.1, -0.05) is 11.6 Å². The van der Waals surface area contributed by atoms with Crippen molar-refractivity contribution in [2.75, 3.05) is 19.0 Å². The van der Waals surface area contributed by atoms with Gasteiger partial charge in [0, 0.05) is 16.8 Å². The number of ether oxygens (including phenoxy) is 2. The van der Waals surface area contributed by atoms with E-state index in [2.05, 4.69) is 5.32 Å². The Morgan fingerprint density at radius 2 is 2.00 bits per heavy atom. The van der Waals surface area contributed by atoms with Gasteiger partial charge in [0.15, 0.2) is 11.5 Å². The molecule has 0 aliphatic heterocycles. The number of nitrogens with zero attached hydrogens (tertiary/aromatic N) is 1. The van der Waals surface area contributed by atoms with Gasteiger partial charge >= 0.3 is 0 Å². The van der Waals surface area contributed by atoms with Crippen LogP contribution in [-0.2, 0) is 0 Å². The summed E-state index contributed by atoms with van der Waals surface area (Å²) in [5, 5.41) is 12.4. The monoisotopic (exact) mass is 330 g/mol. The molecule has 0 radical (unpaired) electrons. The molecule has 2 aromatic rings. The van der Waals surface area contributed by atoms with Crippen molar-refractivity contribution >= 4 is 23.2 Å². The molecule has 0 saturated carbocycles. The number of nitrogens with one attached hydrogen (secondary N) is 1. The number of carbonyl (C=O) groups is 1. The van der Waals surface area contributed by atoms with Crippen LogP contribution < -0.4 is 14.8 Å². The van der Waals surface area contributed by atoms with Gasteiger partial charge in [-0.15, -0.1) is 0 Å². The maximum atomic E-state index is 12.5. The number of methoxy groups -OCH3 is 1. The quantitative estimate of drug-likeness (QED) is 0.903. The summed E-state index contributed by atoms with van der Waals surface area (Å²) in [5.74, 6) is 0.249. The minimum atomic E-state index is -0.397. The van der Waals surface area contributed by atoms with Crippen LogP contribution in [0, 0.1) is 11.3 Å². The summed E-state index contributed by atoms with van der Waals surface area (Å²) in [7, 11) is 1.46. The van der Waals surface area contributed by atoms with Gasteiger partial charge in [-0.05, 0) is 37.3 Å². The first-order valence-corrected chi connectivity index (χ1v) is 7.28. The van der Waals surface area contributed by atoms with Gasteiger partial charge in [-0.3, -0.25) is 4.79 Å². The number of hydrogen-bond acceptors (Lipinski definition) is 4. The van der Waals surface area contributed by atoms with Crippen molar-refractivity contribution in [1.82, 2.24) is 0 Å². The highest BCUT2D eigenvalue weighted by Crippen LogP contribution is 2.33. The Bertz CT molecular complexity index is 752. The Morgan fingerprint density at radius 1 is 1.30 bits per heavy atom. The zero-order valence-electron chi connectivity index (χ0n) is 12.7. The van der Waals surface area contributed by atoms with Crippen LogP contribution in [0.25, 0.3) is 0 Å². The van der Waals surface area contributed by atoms with Gasteiger partial charge in [0.2, 0.25) is 0 Å². The first-order valence-electron chi connectivity index (χ1n) is 6.91. The molecule has 0 heterocycles. The summed E-state index contributed by atoms with van der Waals surface area (Å²) in [5.41, 5.74) is 1.13. The van der Waals surface area contributed by atoms with E-state index in [0.29, 0.717) is 34.4 Å². The third-order valence-corrected chi connectivity index (χ3v) is 3.29. The largest absolute Gasteiger partial charge is 0.493 e. The van der Waals surface area contributed by atoms with Crippen molar-refractivity contribution in [2.45, 2.75) is 6.92 Å². The molecular weight excluding hydrogens is 316 g/mol. The van der Waals surface area contributed by atoms with Crippen LogP contribution in [0.2, 0.25) is 5.02 Å². The summed E-state index contributed by atoms with van der Waals surface area (Å²) >= 11 is 5.83. The molecule has 2 aromatic carbocycles. The summed E-state index contributed by atoms with van der Waals surface area (Å²) in [6.45, 7) is 2.17. The Morgan fingerprint density at radius 3 is 2.57 bits per heavy atom. The minimum Gasteiger partial charge on any atom is -0.493 e. The second-order valence-electron chi connectivity index (χ2n) is 4.56. The molecule has 0 aromatic heterocycles. The highest BCUT2D eigenvalue weighted by atomic mass is 35.5. The molecule has 0 fully saturated rings. The molecule has 23 heavy (non-hydrogen) atoms. The second kappa shape index (κ2) is 7.52. The van der Waals surface area contributed by atoms with Gasteiger partial charge < -0.3 is 14.8 Å². The van der Waals surface area contributed by atoms with E-state index in [4.69, 9.17) is 26.3 Å². The SMILES string of the molecule is CCOc1c(OC)cc(C#N)cc1C(=O)Nc1ccc(Cl)cc1. The molecule has 1 amide bonds. The molecular formula is C17H15ClN2O3. The zero-order valence-corrected chi connectivity index (χ0v) is 13.5. The smallest absolute Gasteiger partial charge is 0.259 e. The Labute approximate surface area is 139 Å². The first kappa shape index (κ1) is 16.7. The van der Waals surface area contributed by atoms with E-state index in [1.54, 1.807) is 31.2 Å². The highest BCUT2D eigenvalue weighted by molar-refractivity contribution is 6.30. The van der Waals surface area contributed by atoms with E-state index in [0.717, 1.165) is 0 Å². The summed E-state index contributed by atoms with van der Waals surface area (Å²) in [4.78, 5) is 12.5. The number of rotatable bonds is 5. The predicted octanol–water partition coefficient (Wildman–Crippen LogP) is 3.87. The van der Waals surface area contributed by atoms with E-state index in [-0.39, 0.29) is 5.56 Å². The average Bonchev–Trinajstić information content (AvgIpc) is 2.57. The van der Waals surface area contributed by atoms with Crippen molar-refractivity contribution in [1.29, 1.82) is 5.26 Å². The summed E-state index contributed by atoms with van der Waals surface area (Å²) in [6, 6.07) is 11.7. The fourth-order valence-electron chi connectivity index (χ4n) is 2.01. The van der Waals surface area contributed by atoms with E-state index in [1.807, 2.05) is 6.07 Å². The van der Waals surface area contributed by atoms with E-state index >= 15 is 0 Å². The lowest BCUT2D eigenvalue weighted by atomic mass is 10.1. The molecule has 2 rings (SSSR count). The first-order chi connectivity index (χ1) is 11.1. The van der Waals surface area contributed by atoms with Gasteiger partial charge in [0.25, 0.3) is 5.91 Å². The standard InChI is InChI=1S/C17H15ClN2O3/c1-3-23-16-14(8-11(10-19)9-15(16)22-2)17(21)20-13-6-4-12(18)5-7-13/h4-9H,3H2,1-2H3,(H,20,21). The van der Waals surface area contributed by atoms with Gasteiger partial charge in [0.1, 0.15) is 0 Å². The van der Waals surface area contributed by atoms with Gasteiger partial charge in [-0.25, -0.2) is 0 Å². The van der Waals surface area contributed by atoms with E-state index in [9.17, 15) is 4.79 Å². The Balaban J connectivity index is 2.41. The summed E-state index contributed by atoms with van der Waals surface area (Å²) < 4.78 is 10.7. The van der Waals surface area contributed by atoms with Crippen LogP contribution in [0.3, 0.4) is 0 Å². The third-order valence-electron chi connectivity index (χ3n) is 3.04. The van der Waals surface area contributed by atoms with Crippen LogP contribution in [0.4, 0.5) is 5.69 Å². The van der Waals surface area contributed by atoms with E-state index in [1.165, 1.54) is 19.2 Å².